The van der Waals surface area contributed by atoms with Crippen LogP contribution in [0.3, 0.4) is 0 Å². The summed E-state index contributed by atoms with van der Waals surface area (Å²) in [5.41, 5.74) is 5.44. The smallest absolute Gasteiger partial charge is 0.243 e. The Morgan fingerprint density at radius 3 is 2.17 bits per heavy atom. The maximum Gasteiger partial charge on any atom is 0.243 e. The van der Waals surface area contributed by atoms with Crippen LogP contribution in [-0.4, -0.2) is 30.8 Å². The second kappa shape index (κ2) is 5.71. The lowest BCUT2D eigenvalue weighted by Crippen LogP contribution is -2.42. The summed E-state index contributed by atoms with van der Waals surface area (Å²) in [5.74, 6) is 0. The molecule has 0 aromatic heterocycles. The van der Waals surface area contributed by atoms with Gasteiger partial charge in [-0.2, -0.15) is 4.31 Å². The lowest BCUT2D eigenvalue weighted by molar-refractivity contribution is 0.451. The van der Waals surface area contributed by atoms with Gasteiger partial charge in [0.25, 0.3) is 0 Å². The Labute approximate surface area is 122 Å². The second-order valence-corrected chi connectivity index (χ2v) is 7.05. The van der Waals surface area contributed by atoms with Crippen LogP contribution >= 0.6 is 35.4 Å². The highest BCUT2D eigenvalue weighted by Gasteiger charge is 2.27. The number of thiocarbonyl (C=S) groups is 1. The Kier molecular flexibility index (Phi) is 4.97. The maximum absolute atomic E-state index is 12.3. The van der Waals surface area contributed by atoms with Gasteiger partial charge < -0.3 is 5.73 Å². The maximum atomic E-state index is 12.3. The second-order valence-electron chi connectivity index (χ2n) is 3.70. The van der Waals surface area contributed by atoms with Crippen molar-refractivity contribution in [3.8, 4) is 0 Å². The fourth-order valence-electron chi connectivity index (χ4n) is 1.23. The lowest BCUT2D eigenvalue weighted by Gasteiger charge is -2.23. The summed E-state index contributed by atoms with van der Waals surface area (Å²) in [4.78, 5) is 0.0970. The molecule has 100 valence electrons. The highest BCUT2D eigenvalue weighted by Crippen LogP contribution is 2.25. The molecule has 1 rings (SSSR count). The molecule has 0 radical (unpaired) electrons. The van der Waals surface area contributed by atoms with E-state index in [1.165, 1.54) is 25.2 Å². The van der Waals surface area contributed by atoms with Crippen LogP contribution in [0.4, 0.5) is 0 Å². The minimum Gasteiger partial charge on any atom is -0.392 e. The summed E-state index contributed by atoms with van der Waals surface area (Å²) in [5, 5.41) is 0.495. The third kappa shape index (κ3) is 3.33. The van der Waals surface area contributed by atoms with Gasteiger partial charge in [-0.25, -0.2) is 8.42 Å². The summed E-state index contributed by atoms with van der Waals surface area (Å²) in [7, 11) is -2.33. The quantitative estimate of drug-likeness (QED) is 0.862. The molecule has 0 aliphatic rings. The largest absolute Gasteiger partial charge is 0.392 e. The van der Waals surface area contributed by atoms with E-state index in [4.69, 9.17) is 41.2 Å². The van der Waals surface area contributed by atoms with E-state index in [-0.39, 0.29) is 19.9 Å². The van der Waals surface area contributed by atoms with Crippen LogP contribution in [0.2, 0.25) is 10.0 Å². The molecule has 8 heteroatoms. The molecule has 2 N–H and O–H groups in total. The number of nitrogens with two attached hydrogens (primary N) is 1. The van der Waals surface area contributed by atoms with E-state index in [1.54, 1.807) is 6.92 Å². The van der Waals surface area contributed by atoms with Crippen molar-refractivity contribution in [3.63, 3.8) is 0 Å². The van der Waals surface area contributed by atoms with Crippen LogP contribution < -0.4 is 5.73 Å². The zero-order valence-corrected chi connectivity index (χ0v) is 12.9. The molecule has 0 aliphatic heterocycles. The molecule has 0 bridgehead atoms. The molecule has 0 saturated heterocycles. The Balaban J connectivity index is 3.25. The zero-order valence-electron chi connectivity index (χ0n) is 9.72. The summed E-state index contributed by atoms with van der Waals surface area (Å²) in [6, 6.07) is 3.51. The van der Waals surface area contributed by atoms with Crippen LogP contribution in [0.1, 0.15) is 6.92 Å². The fourth-order valence-corrected chi connectivity index (χ4v) is 3.53. The first-order chi connectivity index (χ1) is 8.16. The van der Waals surface area contributed by atoms with Crippen molar-refractivity contribution >= 4 is 50.4 Å². The first-order valence-corrected chi connectivity index (χ1v) is 7.50. The molecule has 0 aliphatic carbocycles. The highest BCUT2D eigenvalue weighted by molar-refractivity contribution is 7.89. The molecular formula is C10H12Cl2N2O2S2. The normalized spacial score (nSPS) is 13.6. The van der Waals surface area contributed by atoms with E-state index in [0.717, 1.165) is 4.31 Å². The van der Waals surface area contributed by atoms with Gasteiger partial charge in [-0.05, 0) is 25.1 Å². The Morgan fingerprint density at radius 1 is 1.33 bits per heavy atom. The predicted octanol–water partition coefficient (Wildman–Crippen LogP) is 2.29. The number of hydrogen-bond donors (Lipinski definition) is 1. The summed E-state index contributed by atoms with van der Waals surface area (Å²) in [6.07, 6.45) is 0. The van der Waals surface area contributed by atoms with Crippen molar-refractivity contribution < 1.29 is 8.42 Å². The van der Waals surface area contributed by atoms with Crippen molar-refractivity contribution in [2.45, 2.75) is 17.9 Å². The van der Waals surface area contributed by atoms with E-state index >= 15 is 0 Å². The zero-order chi connectivity index (χ0) is 14.1. The average Bonchev–Trinajstić information content (AvgIpc) is 2.25. The van der Waals surface area contributed by atoms with Gasteiger partial charge in [0.1, 0.15) is 0 Å². The Hall–Kier alpha value is -0.400. The molecule has 0 heterocycles. The number of nitrogens with zero attached hydrogens (tertiary/aromatic N) is 1. The first-order valence-electron chi connectivity index (χ1n) is 4.89. The monoisotopic (exact) mass is 326 g/mol. The molecule has 1 unspecified atom stereocenters. The van der Waals surface area contributed by atoms with Crippen molar-refractivity contribution in [1.29, 1.82) is 0 Å². The molecule has 1 aromatic carbocycles. The third-order valence-corrected chi connectivity index (χ3v) is 5.15. The number of sulfonamides is 1. The molecule has 0 spiro atoms. The van der Waals surface area contributed by atoms with Crippen LogP contribution in [0.25, 0.3) is 0 Å². The van der Waals surface area contributed by atoms with Crippen molar-refractivity contribution in [2.24, 2.45) is 5.73 Å². The molecule has 1 aromatic rings. The molecule has 1 atom stereocenters. The van der Waals surface area contributed by atoms with Gasteiger partial charge in [-0.15, -0.1) is 0 Å². The average molecular weight is 327 g/mol. The Morgan fingerprint density at radius 2 is 1.78 bits per heavy atom. The van der Waals surface area contributed by atoms with E-state index in [2.05, 4.69) is 0 Å². The number of likely N-dealkylation sites (N-methyl/N-ethyl adjacent to an activating group) is 1. The van der Waals surface area contributed by atoms with Gasteiger partial charge in [0.2, 0.25) is 10.0 Å². The standard InChI is InChI=1S/C10H12Cl2N2O2S2/c1-6(10(13)17)14(2)18(15,16)9-4-7(11)3-8(12)5-9/h3-6H,1-2H3,(H2,13,17). The predicted molar refractivity (Wildman–Crippen MR) is 77.7 cm³/mol. The van der Waals surface area contributed by atoms with Gasteiger partial charge >= 0.3 is 0 Å². The van der Waals surface area contributed by atoms with Gasteiger partial charge in [0, 0.05) is 17.1 Å². The summed E-state index contributed by atoms with van der Waals surface area (Å²) in [6.45, 7) is 1.60. The first kappa shape index (κ1) is 15.7. The van der Waals surface area contributed by atoms with Gasteiger partial charge in [0.05, 0.1) is 15.9 Å². The molecule has 0 saturated carbocycles. The number of hydrogen-bond acceptors (Lipinski definition) is 3. The fraction of sp³-hybridized carbons (Fsp3) is 0.300. The van der Waals surface area contributed by atoms with Crippen molar-refractivity contribution in [3.05, 3.63) is 28.2 Å². The van der Waals surface area contributed by atoms with E-state index < -0.39 is 16.1 Å². The molecule has 0 fully saturated rings. The number of benzene rings is 1. The van der Waals surface area contributed by atoms with Crippen LogP contribution in [-0.2, 0) is 10.0 Å². The third-order valence-electron chi connectivity index (χ3n) is 2.47. The van der Waals surface area contributed by atoms with Gasteiger partial charge in [0.15, 0.2) is 0 Å². The highest BCUT2D eigenvalue weighted by atomic mass is 35.5. The van der Waals surface area contributed by atoms with E-state index in [0.29, 0.717) is 0 Å². The van der Waals surface area contributed by atoms with Crippen LogP contribution in [0, 0.1) is 0 Å². The minimum absolute atomic E-state index is 0.00519. The van der Waals surface area contributed by atoms with E-state index in [9.17, 15) is 8.42 Å². The van der Waals surface area contributed by atoms with Crippen LogP contribution in [0.15, 0.2) is 23.1 Å². The topological polar surface area (TPSA) is 63.4 Å². The van der Waals surface area contributed by atoms with Crippen molar-refractivity contribution in [2.75, 3.05) is 7.05 Å². The van der Waals surface area contributed by atoms with Gasteiger partial charge in [-0.1, -0.05) is 35.4 Å². The van der Waals surface area contributed by atoms with E-state index in [1.807, 2.05) is 0 Å². The SMILES string of the molecule is CC(C(N)=S)N(C)S(=O)(=O)c1cc(Cl)cc(Cl)c1. The summed E-state index contributed by atoms with van der Waals surface area (Å²) >= 11 is 16.4. The Bertz CT molecular complexity index is 555. The number of halogens is 2. The van der Waals surface area contributed by atoms with Gasteiger partial charge in [-0.3, -0.25) is 0 Å². The van der Waals surface area contributed by atoms with Crippen molar-refractivity contribution in [1.82, 2.24) is 4.31 Å². The lowest BCUT2D eigenvalue weighted by atomic mass is 10.3. The number of rotatable bonds is 4. The molecular weight excluding hydrogens is 315 g/mol. The summed E-state index contributed by atoms with van der Waals surface area (Å²) < 4.78 is 25.6. The molecule has 18 heavy (non-hydrogen) atoms. The minimum atomic E-state index is -3.73. The van der Waals surface area contributed by atoms with Crippen LogP contribution in [0.5, 0.6) is 0 Å². The molecule has 4 nitrogen and oxygen atoms in total. The molecule has 0 amide bonds.